The second-order valence-corrected chi connectivity index (χ2v) is 11.1. The summed E-state index contributed by atoms with van der Waals surface area (Å²) >= 11 is 0. The Hall–Kier alpha value is -2.17. The summed E-state index contributed by atoms with van der Waals surface area (Å²) in [7, 11) is 0. The number of alkyl halides is 3. The fourth-order valence-corrected chi connectivity index (χ4v) is 4.57. The number of carbonyl (C=O) groups is 2. The van der Waals surface area contributed by atoms with Crippen molar-refractivity contribution in [3.63, 3.8) is 0 Å². The third kappa shape index (κ3) is 7.68. The van der Waals surface area contributed by atoms with E-state index in [0.717, 1.165) is 50.4 Å². The standard InChI is InChI=1S/C21H37N5O.C2HF3O2/c1-20(2,3)16-8-6-15(7-9-16)19(27)25-12-10-17(11-13-25)26-14-18(23-24-26)21(4,5)22;3-2(4,5)1(6)7/h14-17H,6-13,22H2,1-5H3;(H,6,7). The fraction of sp³-hybridized carbons (Fsp3) is 0.826. The molecule has 1 aliphatic heterocycles. The van der Waals surface area contributed by atoms with Crippen LogP contribution in [0.2, 0.25) is 0 Å². The molecular weight excluding hydrogens is 451 g/mol. The fourth-order valence-electron chi connectivity index (χ4n) is 4.57. The Morgan fingerprint density at radius 1 is 1.00 bits per heavy atom. The van der Waals surface area contributed by atoms with E-state index in [2.05, 4.69) is 36.0 Å². The zero-order valence-electron chi connectivity index (χ0n) is 20.7. The molecule has 3 N–H and O–H groups in total. The number of aromatic nitrogens is 3. The van der Waals surface area contributed by atoms with Crippen molar-refractivity contribution in [3.05, 3.63) is 11.9 Å². The van der Waals surface area contributed by atoms with Gasteiger partial charge >= 0.3 is 12.1 Å². The van der Waals surface area contributed by atoms with E-state index in [1.807, 2.05) is 24.7 Å². The first-order valence-electron chi connectivity index (χ1n) is 11.8. The van der Waals surface area contributed by atoms with Crippen LogP contribution in [-0.2, 0) is 15.1 Å². The number of carbonyl (C=O) groups excluding carboxylic acids is 1. The molecule has 1 amide bonds. The molecule has 3 rings (SSSR count). The number of hydrogen-bond donors (Lipinski definition) is 2. The van der Waals surface area contributed by atoms with Gasteiger partial charge in [0.15, 0.2) is 0 Å². The number of carboxylic acids is 1. The zero-order chi connectivity index (χ0) is 25.9. The predicted octanol–water partition coefficient (Wildman–Crippen LogP) is 4.12. The summed E-state index contributed by atoms with van der Waals surface area (Å²) in [5.74, 6) is -1.40. The van der Waals surface area contributed by atoms with Gasteiger partial charge in [-0.2, -0.15) is 13.2 Å². The molecule has 2 heterocycles. The monoisotopic (exact) mass is 489 g/mol. The number of piperidine rings is 1. The van der Waals surface area contributed by atoms with E-state index in [1.54, 1.807) is 0 Å². The minimum absolute atomic E-state index is 0.233. The Morgan fingerprint density at radius 2 is 1.50 bits per heavy atom. The smallest absolute Gasteiger partial charge is 0.475 e. The Bertz CT molecular complexity index is 826. The van der Waals surface area contributed by atoms with E-state index in [0.29, 0.717) is 17.4 Å². The lowest BCUT2D eigenvalue weighted by Crippen LogP contribution is -2.43. The summed E-state index contributed by atoms with van der Waals surface area (Å²) < 4.78 is 33.7. The van der Waals surface area contributed by atoms with Crippen molar-refractivity contribution in [2.45, 2.75) is 90.9 Å². The van der Waals surface area contributed by atoms with E-state index in [1.165, 1.54) is 12.8 Å². The van der Waals surface area contributed by atoms with Crippen molar-refractivity contribution in [2.75, 3.05) is 13.1 Å². The lowest BCUT2D eigenvalue weighted by molar-refractivity contribution is -0.192. The largest absolute Gasteiger partial charge is 0.490 e. The van der Waals surface area contributed by atoms with Crippen molar-refractivity contribution in [3.8, 4) is 0 Å². The van der Waals surface area contributed by atoms with Gasteiger partial charge in [-0.05, 0) is 63.7 Å². The molecule has 1 aromatic rings. The number of aliphatic carboxylic acids is 1. The number of amides is 1. The highest BCUT2D eigenvalue weighted by atomic mass is 19.4. The molecule has 1 aliphatic carbocycles. The first-order valence-corrected chi connectivity index (χ1v) is 11.8. The van der Waals surface area contributed by atoms with Crippen LogP contribution in [0.15, 0.2) is 6.20 Å². The molecule has 0 aromatic carbocycles. The van der Waals surface area contributed by atoms with Crippen molar-refractivity contribution in [1.82, 2.24) is 19.9 Å². The van der Waals surface area contributed by atoms with Gasteiger partial charge in [-0.15, -0.1) is 5.10 Å². The van der Waals surface area contributed by atoms with Crippen LogP contribution in [0.4, 0.5) is 13.2 Å². The highest BCUT2D eigenvalue weighted by Crippen LogP contribution is 2.40. The lowest BCUT2D eigenvalue weighted by atomic mass is 9.69. The Balaban J connectivity index is 0.000000509. The maximum atomic E-state index is 13.0. The molecule has 0 atom stereocenters. The SMILES string of the molecule is CC(C)(N)c1cn(C2CCN(C(=O)C3CCC(C(C)(C)C)CC3)CC2)nn1.O=C(O)C(F)(F)F. The van der Waals surface area contributed by atoms with Gasteiger partial charge in [0.25, 0.3) is 0 Å². The minimum Gasteiger partial charge on any atom is -0.475 e. The van der Waals surface area contributed by atoms with Gasteiger partial charge in [-0.3, -0.25) is 4.79 Å². The van der Waals surface area contributed by atoms with Gasteiger partial charge in [0, 0.05) is 19.0 Å². The molecule has 1 saturated carbocycles. The van der Waals surface area contributed by atoms with Crippen LogP contribution in [0.1, 0.15) is 84.9 Å². The van der Waals surface area contributed by atoms with E-state index in [9.17, 15) is 18.0 Å². The van der Waals surface area contributed by atoms with Crippen molar-refractivity contribution in [1.29, 1.82) is 0 Å². The molecule has 8 nitrogen and oxygen atoms in total. The Labute approximate surface area is 199 Å². The number of carboxylic acid groups (broad SMARTS) is 1. The van der Waals surface area contributed by atoms with Gasteiger partial charge in [0.1, 0.15) is 5.69 Å². The molecule has 194 valence electrons. The molecule has 1 saturated heterocycles. The summed E-state index contributed by atoms with van der Waals surface area (Å²) in [6.07, 6.45) is 3.25. The maximum absolute atomic E-state index is 13.0. The van der Waals surface area contributed by atoms with Gasteiger partial charge in [0.2, 0.25) is 5.91 Å². The summed E-state index contributed by atoms with van der Waals surface area (Å²) in [5.41, 5.74) is 6.82. The van der Waals surface area contributed by atoms with Crippen molar-refractivity contribution in [2.24, 2.45) is 23.0 Å². The molecule has 11 heteroatoms. The van der Waals surface area contributed by atoms with Crippen LogP contribution in [-0.4, -0.2) is 56.1 Å². The van der Waals surface area contributed by atoms with Crippen LogP contribution in [0.5, 0.6) is 0 Å². The first-order chi connectivity index (χ1) is 15.5. The van der Waals surface area contributed by atoms with E-state index < -0.39 is 17.7 Å². The molecule has 0 unspecified atom stereocenters. The summed E-state index contributed by atoms with van der Waals surface area (Å²) in [4.78, 5) is 23.9. The average Bonchev–Trinajstić information content (AvgIpc) is 3.23. The van der Waals surface area contributed by atoms with Crippen LogP contribution < -0.4 is 5.73 Å². The van der Waals surface area contributed by atoms with Gasteiger partial charge in [-0.25, -0.2) is 9.48 Å². The normalized spacial score (nSPS) is 22.7. The topological polar surface area (TPSA) is 114 Å². The van der Waals surface area contributed by atoms with Gasteiger partial charge in [0.05, 0.1) is 17.8 Å². The molecule has 1 aromatic heterocycles. The highest BCUT2D eigenvalue weighted by Gasteiger charge is 2.38. The lowest BCUT2D eigenvalue weighted by Gasteiger charge is -2.39. The second kappa shape index (κ2) is 10.6. The summed E-state index contributed by atoms with van der Waals surface area (Å²) in [5, 5.41) is 15.6. The van der Waals surface area contributed by atoms with E-state index in [-0.39, 0.29) is 5.92 Å². The minimum atomic E-state index is -5.08. The Kier molecular flexibility index (Phi) is 8.77. The zero-order valence-corrected chi connectivity index (χ0v) is 20.7. The van der Waals surface area contributed by atoms with Gasteiger partial charge in [-0.1, -0.05) is 26.0 Å². The number of likely N-dealkylation sites (tertiary alicyclic amines) is 1. The maximum Gasteiger partial charge on any atom is 0.490 e. The van der Waals surface area contributed by atoms with Crippen LogP contribution in [0.3, 0.4) is 0 Å². The van der Waals surface area contributed by atoms with Crippen LogP contribution in [0.25, 0.3) is 0 Å². The number of hydrogen-bond acceptors (Lipinski definition) is 5. The molecule has 2 fully saturated rings. The number of nitrogens with two attached hydrogens (primary N) is 1. The Morgan fingerprint density at radius 3 is 1.88 bits per heavy atom. The van der Waals surface area contributed by atoms with Crippen molar-refractivity contribution < 1.29 is 27.9 Å². The molecular formula is C23H38F3N5O3. The second-order valence-electron chi connectivity index (χ2n) is 11.1. The molecule has 34 heavy (non-hydrogen) atoms. The molecule has 0 radical (unpaired) electrons. The summed E-state index contributed by atoms with van der Waals surface area (Å²) in [6, 6.07) is 0.314. The predicted molar refractivity (Wildman–Crippen MR) is 121 cm³/mol. The number of rotatable bonds is 3. The van der Waals surface area contributed by atoms with Crippen molar-refractivity contribution >= 4 is 11.9 Å². The molecule has 0 bridgehead atoms. The first kappa shape index (κ1) is 28.1. The van der Waals surface area contributed by atoms with Gasteiger partial charge < -0.3 is 15.7 Å². The average molecular weight is 490 g/mol. The summed E-state index contributed by atoms with van der Waals surface area (Å²) in [6.45, 7) is 12.5. The third-order valence-corrected chi connectivity index (χ3v) is 6.86. The number of halogens is 3. The van der Waals surface area contributed by atoms with E-state index in [4.69, 9.17) is 15.6 Å². The highest BCUT2D eigenvalue weighted by molar-refractivity contribution is 5.79. The van der Waals surface area contributed by atoms with Crippen LogP contribution >= 0.6 is 0 Å². The molecule has 2 aliphatic rings. The van der Waals surface area contributed by atoms with Crippen LogP contribution in [0, 0.1) is 17.3 Å². The third-order valence-electron chi connectivity index (χ3n) is 6.86. The van der Waals surface area contributed by atoms with E-state index >= 15 is 0 Å². The number of nitrogens with zero attached hydrogens (tertiary/aromatic N) is 4. The molecule has 0 spiro atoms. The quantitative estimate of drug-likeness (QED) is 0.660.